The molecule has 0 aliphatic carbocycles. The number of thiazole rings is 1. The first-order chi connectivity index (χ1) is 18.4. The van der Waals surface area contributed by atoms with E-state index in [1.807, 2.05) is 0 Å². The standard InChI is InChI=1S/C23H22Cl2F3N7O3S/c1-11(34-21(38)19-18(25)14(32-10-33-19)5-3-4-6-17(36)29-2)22-31-9-15(39-22)20(37)35-16-7-12(23(26,27)28)13(24)8-30-16/h7-11H,3-6H2,1-2H3,(H,29,36)(H,34,38)(H,30,35,37). The summed E-state index contributed by atoms with van der Waals surface area (Å²) in [7, 11) is 1.56. The molecule has 0 saturated carbocycles. The zero-order chi connectivity index (χ0) is 28.7. The number of carbonyl (C=O) groups is 3. The van der Waals surface area contributed by atoms with Crippen molar-refractivity contribution in [3.05, 3.63) is 61.7 Å². The van der Waals surface area contributed by atoms with Crippen molar-refractivity contribution in [1.82, 2.24) is 30.6 Å². The minimum atomic E-state index is -4.72. The molecule has 1 atom stereocenters. The molecule has 0 fully saturated rings. The molecule has 0 bridgehead atoms. The number of hydrogen-bond acceptors (Lipinski definition) is 8. The number of alkyl halides is 3. The molecule has 39 heavy (non-hydrogen) atoms. The molecule has 0 aliphatic heterocycles. The molecule has 3 amide bonds. The van der Waals surface area contributed by atoms with Gasteiger partial charge in [-0.3, -0.25) is 14.4 Å². The number of anilines is 1. The van der Waals surface area contributed by atoms with Crippen molar-refractivity contribution in [2.75, 3.05) is 12.4 Å². The van der Waals surface area contributed by atoms with Crippen molar-refractivity contribution in [3.8, 4) is 0 Å². The normalized spacial score (nSPS) is 12.1. The monoisotopic (exact) mass is 603 g/mol. The number of rotatable bonds is 10. The molecule has 0 saturated heterocycles. The van der Waals surface area contributed by atoms with Crippen LogP contribution in [0, 0.1) is 0 Å². The van der Waals surface area contributed by atoms with E-state index in [-0.39, 0.29) is 27.3 Å². The molecule has 3 aromatic heterocycles. The van der Waals surface area contributed by atoms with E-state index in [0.29, 0.717) is 42.5 Å². The fourth-order valence-electron chi connectivity index (χ4n) is 3.26. The van der Waals surface area contributed by atoms with Gasteiger partial charge in [-0.1, -0.05) is 23.2 Å². The van der Waals surface area contributed by atoms with Crippen LogP contribution in [0.4, 0.5) is 19.0 Å². The molecule has 10 nitrogen and oxygen atoms in total. The zero-order valence-corrected chi connectivity index (χ0v) is 22.9. The number of aryl methyl sites for hydroxylation is 1. The minimum Gasteiger partial charge on any atom is -0.359 e. The van der Waals surface area contributed by atoms with Gasteiger partial charge in [-0.2, -0.15) is 13.2 Å². The Bertz CT molecular complexity index is 1370. The van der Waals surface area contributed by atoms with Crippen LogP contribution < -0.4 is 16.0 Å². The van der Waals surface area contributed by atoms with Crippen molar-refractivity contribution < 1.29 is 27.6 Å². The first-order valence-corrected chi connectivity index (χ1v) is 13.0. The predicted octanol–water partition coefficient (Wildman–Crippen LogP) is 4.86. The second kappa shape index (κ2) is 13.1. The van der Waals surface area contributed by atoms with Gasteiger partial charge < -0.3 is 16.0 Å². The average molecular weight is 604 g/mol. The third kappa shape index (κ3) is 8.07. The van der Waals surface area contributed by atoms with E-state index >= 15 is 0 Å². The van der Waals surface area contributed by atoms with E-state index < -0.39 is 34.6 Å². The van der Waals surface area contributed by atoms with Gasteiger partial charge >= 0.3 is 6.18 Å². The summed E-state index contributed by atoms with van der Waals surface area (Å²) in [4.78, 5) is 52.7. The molecule has 208 valence electrons. The summed E-state index contributed by atoms with van der Waals surface area (Å²) in [6, 6.07) is -0.0243. The summed E-state index contributed by atoms with van der Waals surface area (Å²) in [5.74, 6) is -1.73. The van der Waals surface area contributed by atoms with Gasteiger partial charge in [0.2, 0.25) is 5.91 Å². The summed E-state index contributed by atoms with van der Waals surface area (Å²) in [5.41, 5.74) is -0.700. The maximum atomic E-state index is 13.1. The van der Waals surface area contributed by atoms with Crippen LogP contribution in [-0.4, -0.2) is 44.7 Å². The van der Waals surface area contributed by atoms with Crippen molar-refractivity contribution in [1.29, 1.82) is 0 Å². The fourth-order valence-corrected chi connectivity index (χ4v) is 4.57. The molecule has 0 aromatic carbocycles. The van der Waals surface area contributed by atoms with Crippen molar-refractivity contribution in [2.45, 2.75) is 44.8 Å². The minimum absolute atomic E-state index is 0.0383. The molecule has 1 unspecified atom stereocenters. The number of aromatic nitrogens is 4. The van der Waals surface area contributed by atoms with Crippen LogP contribution in [0.1, 0.15) is 68.7 Å². The SMILES string of the molecule is CNC(=O)CCCCc1ncnc(C(=O)NC(C)c2ncc(C(=O)Nc3cc(C(F)(F)F)c(Cl)cn3)s2)c1Cl. The van der Waals surface area contributed by atoms with E-state index in [4.69, 9.17) is 23.2 Å². The smallest absolute Gasteiger partial charge is 0.359 e. The van der Waals surface area contributed by atoms with Gasteiger partial charge in [0.25, 0.3) is 11.8 Å². The molecule has 3 rings (SSSR count). The lowest BCUT2D eigenvalue weighted by atomic mass is 10.1. The zero-order valence-electron chi connectivity index (χ0n) is 20.5. The summed E-state index contributed by atoms with van der Waals surface area (Å²) in [6.45, 7) is 1.63. The first-order valence-electron chi connectivity index (χ1n) is 11.4. The van der Waals surface area contributed by atoms with Crippen molar-refractivity contribution >= 4 is 58.1 Å². The van der Waals surface area contributed by atoms with E-state index in [1.54, 1.807) is 14.0 Å². The van der Waals surface area contributed by atoms with Gasteiger partial charge in [-0.15, -0.1) is 11.3 Å². The van der Waals surface area contributed by atoms with Gasteiger partial charge in [0.15, 0.2) is 0 Å². The largest absolute Gasteiger partial charge is 0.418 e. The third-order valence-corrected chi connectivity index (χ3v) is 7.17. The number of amides is 3. The Morgan fingerprint density at radius 3 is 2.49 bits per heavy atom. The summed E-state index contributed by atoms with van der Waals surface area (Å²) < 4.78 is 39.2. The highest BCUT2D eigenvalue weighted by atomic mass is 35.5. The number of nitrogens with zero attached hydrogens (tertiary/aromatic N) is 4. The highest BCUT2D eigenvalue weighted by Crippen LogP contribution is 2.35. The maximum absolute atomic E-state index is 13.1. The number of carbonyl (C=O) groups excluding carboxylic acids is 3. The maximum Gasteiger partial charge on any atom is 0.418 e. The Hall–Kier alpha value is -3.36. The van der Waals surface area contributed by atoms with Crippen molar-refractivity contribution in [3.63, 3.8) is 0 Å². The van der Waals surface area contributed by atoms with Crippen LogP contribution in [0.25, 0.3) is 0 Å². The lowest BCUT2D eigenvalue weighted by molar-refractivity contribution is -0.137. The topological polar surface area (TPSA) is 139 Å². The highest BCUT2D eigenvalue weighted by Gasteiger charge is 2.34. The van der Waals surface area contributed by atoms with E-state index in [0.717, 1.165) is 17.5 Å². The Morgan fingerprint density at radius 2 is 1.79 bits per heavy atom. The number of hydrogen-bond donors (Lipinski definition) is 3. The van der Waals surface area contributed by atoms with Gasteiger partial charge in [-0.05, 0) is 32.3 Å². The Balaban J connectivity index is 1.62. The van der Waals surface area contributed by atoms with Crippen LogP contribution >= 0.6 is 34.5 Å². The number of nitrogens with one attached hydrogen (secondary N) is 3. The molecule has 0 spiro atoms. The van der Waals surface area contributed by atoms with Crippen LogP contribution in [0.5, 0.6) is 0 Å². The van der Waals surface area contributed by atoms with Gasteiger partial charge in [0.1, 0.15) is 27.7 Å². The summed E-state index contributed by atoms with van der Waals surface area (Å²) in [5, 5.41) is 7.37. The van der Waals surface area contributed by atoms with E-state index in [2.05, 4.69) is 35.9 Å². The van der Waals surface area contributed by atoms with Crippen LogP contribution in [-0.2, 0) is 17.4 Å². The molecule has 16 heteroatoms. The number of pyridine rings is 1. The number of unbranched alkanes of at least 4 members (excludes halogenated alkanes) is 1. The Labute approximate surface area is 234 Å². The highest BCUT2D eigenvalue weighted by molar-refractivity contribution is 7.13. The molecular formula is C23H22Cl2F3N7O3S. The summed E-state index contributed by atoms with van der Waals surface area (Å²) >= 11 is 12.8. The van der Waals surface area contributed by atoms with Crippen molar-refractivity contribution in [2.24, 2.45) is 0 Å². The molecule has 3 aromatic rings. The summed E-state index contributed by atoms with van der Waals surface area (Å²) in [6.07, 6.45) is 0.599. The molecule has 3 heterocycles. The fraction of sp³-hybridized carbons (Fsp3) is 0.348. The van der Waals surface area contributed by atoms with Gasteiger partial charge in [0, 0.05) is 19.7 Å². The first kappa shape index (κ1) is 30.2. The lowest BCUT2D eigenvalue weighted by Crippen LogP contribution is -2.28. The molecule has 3 N–H and O–H groups in total. The number of halogens is 5. The molecule has 0 aliphatic rings. The predicted molar refractivity (Wildman–Crippen MR) is 139 cm³/mol. The molecule has 0 radical (unpaired) electrons. The van der Waals surface area contributed by atoms with E-state index in [1.165, 1.54) is 12.5 Å². The Kier molecular flexibility index (Phi) is 10.2. The van der Waals surface area contributed by atoms with Crippen LogP contribution in [0.2, 0.25) is 10.0 Å². The Morgan fingerprint density at radius 1 is 1.05 bits per heavy atom. The third-order valence-electron chi connectivity index (χ3n) is 5.29. The quantitative estimate of drug-likeness (QED) is 0.281. The second-order valence-corrected chi connectivity index (χ2v) is 9.97. The lowest BCUT2D eigenvalue weighted by Gasteiger charge is -2.12. The second-order valence-electron chi connectivity index (χ2n) is 8.12. The van der Waals surface area contributed by atoms with Crippen LogP contribution in [0.3, 0.4) is 0 Å². The molecular weight excluding hydrogens is 582 g/mol. The van der Waals surface area contributed by atoms with Crippen LogP contribution in [0.15, 0.2) is 24.8 Å². The van der Waals surface area contributed by atoms with Gasteiger partial charge in [-0.25, -0.2) is 19.9 Å². The average Bonchev–Trinajstić information content (AvgIpc) is 3.38. The van der Waals surface area contributed by atoms with Gasteiger partial charge in [0.05, 0.1) is 33.5 Å². The van der Waals surface area contributed by atoms with E-state index in [9.17, 15) is 27.6 Å².